The molecule has 20 heavy (non-hydrogen) atoms. The van der Waals surface area contributed by atoms with Crippen LogP contribution in [0.5, 0.6) is 11.5 Å². The molecule has 0 aliphatic carbocycles. The van der Waals surface area contributed by atoms with E-state index in [1.807, 2.05) is 0 Å². The van der Waals surface area contributed by atoms with Crippen molar-refractivity contribution in [3.8, 4) is 11.5 Å². The molecule has 0 atom stereocenters. The Morgan fingerprint density at radius 1 is 1.40 bits per heavy atom. The van der Waals surface area contributed by atoms with Gasteiger partial charge in [-0.3, -0.25) is 9.59 Å². The number of carbonyl (C=O) groups excluding carboxylic acids is 2. The van der Waals surface area contributed by atoms with E-state index in [1.165, 1.54) is 19.4 Å². The average molecular weight is 278 g/mol. The molecule has 2 rings (SSSR count). The van der Waals surface area contributed by atoms with Crippen LogP contribution in [0.4, 0.5) is 0 Å². The van der Waals surface area contributed by atoms with Crippen molar-refractivity contribution in [1.82, 2.24) is 0 Å². The highest BCUT2D eigenvalue weighted by atomic mass is 16.5. The number of hydrogen-bond donors (Lipinski definition) is 1. The van der Waals surface area contributed by atoms with Crippen molar-refractivity contribution in [3.05, 3.63) is 24.0 Å². The van der Waals surface area contributed by atoms with Gasteiger partial charge in [-0.05, 0) is 13.0 Å². The van der Waals surface area contributed by atoms with Crippen LogP contribution in [-0.4, -0.2) is 30.6 Å². The van der Waals surface area contributed by atoms with Crippen LogP contribution >= 0.6 is 0 Å². The van der Waals surface area contributed by atoms with Crippen molar-refractivity contribution in [2.24, 2.45) is 0 Å². The van der Waals surface area contributed by atoms with E-state index in [-0.39, 0.29) is 23.7 Å². The molecular formula is C14H14O6. The summed E-state index contributed by atoms with van der Waals surface area (Å²) in [5, 5.41) is 10.5. The SMILES string of the molecule is CCOC(=O)CC(=O)c1c(O)cc2occc2c1OC. The van der Waals surface area contributed by atoms with Gasteiger partial charge in [0.05, 0.1) is 25.4 Å². The minimum Gasteiger partial charge on any atom is -0.507 e. The van der Waals surface area contributed by atoms with Crippen LogP contribution in [0.15, 0.2) is 22.8 Å². The Balaban J connectivity index is 2.44. The second-order valence-corrected chi connectivity index (χ2v) is 4.04. The van der Waals surface area contributed by atoms with Crippen molar-refractivity contribution in [2.75, 3.05) is 13.7 Å². The lowest BCUT2D eigenvalue weighted by Crippen LogP contribution is -2.12. The summed E-state index contributed by atoms with van der Waals surface area (Å²) in [6, 6.07) is 2.94. The molecule has 0 unspecified atom stereocenters. The topological polar surface area (TPSA) is 86.0 Å². The Labute approximate surface area is 114 Å². The summed E-state index contributed by atoms with van der Waals surface area (Å²) in [5.74, 6) is -1.33. The van der Waals surface area contributed by atoms with Gasteiger partial charge in [0, 0.05) is 6.07 Å². The molecule has 0 amide bonds. The average Bonchev–Trinajstić information content (AvgIpc) is 2.84. The smallest absolute Gasteiger partial charge is 0.313 e. The number of aromatic hydroxyl groups is 1. The molecule has 1 N–H and O–H groups in total. The number of furan rings is 1. The first kappa shape index (κ1) is 13.9. The molecule has 0 saturated heterocycles. The van der Waals surface area contributed by atoms with Gasteiger partial charge in [-0.2, -0.15) is 0 Å². The summed E-state index contributed by atoms with van der Waals surface area (Å²) in [5.41, 5.74) is 0.349. The van der Waals surface area contributed by atoms with Crippen molar-refractivity contribution >= 4 is 22.7 Å². The monoisotopic (exact) mass is 278 g/mol. The van der Waals surface area contributed by atoms with E-state index in [1.54, 1.807) is 13.0 Å². The summed E-state index contributed by atoms with van der Waals surface area (Å²) >= 11 is 0. The van der Waals surface area contributed by atoms with Gasteiger partial charge in [0.1, 0.15) is 29.1 Å². The second-order valence-electron chi connectivity index (χ2n) is 4.04. The Morgan fingerprint density at radius 3 is 2.80 bits per heavy atom. The minimum absolute atomic E-state index is 0.0468. The third kappa shape index (κ3) is 2.45. The fourth-order valence-electron chi connectivity index (χ4n) is 1.98. The first-order valence-electron chi connectivity index (χ1n) is 6.04. The van der Waals surface area contributed by atoms with E-state index >= 15 is 0 Å². The number of Topliss-reactive ketones (excluding diaryl/α,β-unsaturated/α-hetero) is 1. The van der Waals surface area contributed by atoms with E-state index in [2.05, 4.69) is 0 Å². The largest absolute Gasteiger partial charge is 0.507 e. The zero-order valence-electron chi connectivity index (χ0n) is 11.1. The molecule has 0 aliphatic heterocycles. The van der Waals surface area contributed by atoms with Gasteiger partial charge in [-0.15, -0.1) is 0 Å². The van der Waals surface area contributed by atoms with Gasteiger partial charge in [0.2, 0.25) is 0 Å². The van der Waals surface area contributed by atoms with E-state index in [4.69, 9.17) is 13.9 Å². The van der Waals surface area contributed by atoms with E-state index in [0.29, 0.717) is 11.0 Å². The number of ketones is 1. The maximum absolute atomic E-state index is 12.1. The Kier molecular flexibility index (Phi) is 3.93. The zero-order valence-corrected chi connectivity index (χ0v) is 11.1. The number of phenolic OH excluding ortho intramolecular Hbond substituents is 1. The molecule has 0 radical (unpaired) electrons. The Bertz CT molecular complexity index is 655. The van der Waals surface area contributed by atoms with Crippen LogP contribution < -0.4 is 4.74 Å². The maximum Gasteiger partial charge on any atom is 0.313 e. The summed E-state index contributed by atoms with van der Waals surface area (Å²) in [6.07, 6.45) is 0.966. The number of methoxy groups -OCH3 is 1. The summed E-state index contributed by atoms with van der Waals surface area (Å²) < 4.78 is 15.0. The first-order valence-corrected chi connectivity index (χ1v) is 6.04. The summed E-state index contributed by atoms with van der Waals surface area (Å²) in [4.78, 5) is 23.5. The third-order valence-electron chi connectivity index (χ3n) is 2.78. The number of fused-ring (bicyclic) bond motifs is 1. The molecule has 1 heterocycles. The predicted molar refractivity (Wildman–Crippen MR) is 70.0 cm³/mol. The molecule has 0 saturated carbocycles. The number of benzene rings is 1. The molecule has 106 valence electrons. The van der Waals surface area contributed by atoms with Gasteiger partial charge in [-0.1, -0.05) is 0 Å². The Morgan fingerprint density at radius 2 is 2.15 bits per heavy atom. The van der Waals surface area contributed by atoms with Crippen molar-refractivity contribution in [2.45, 2.75) is 13.3 Å². The van der Waals surface area contributed by atoms with E-state index in [9.17, 15) is 14.7 Å². The van der Waals surface area contributed by atoms with Gasteiger partial charge >= 0.3 is 5.97 Å². The highest BCUT2D eigenvalue weighted by Crippen LogP contribution is 2.37. The normalized spacial score (nSPS) is 10.5. The molecule has 0 fully saturated rings. The summed E-state index contributed by atoms with van der Waals surface area (Å²) in [6.45, 7) is 1.84. The Hall–Kier alpha value is -2.50. The molecule has 1 aromatic heterocycles. The number of carbonyl (C=O) groups is 2. The molecular weight excluding hydrogens is 264 g/mol. The van der Waals surface area contributed by atoms with Crippen LogP contribution in [0.25, 0.3) is 11.0 Å². The fourth-order valence-corrected chi connectivity index (χ4v) is 1.98. The van der Waals surface area contributed by atoms with Crippen molar-refractivity contribution in [1.29, 1.82) is 0 Å². The molecule has 0 spiro atoms. The number of ether oxygens (including phenoxy) is 2. The van der Waals surface area contributed by atoms with Crippen LogP contribution in [0.3, 0.4) is 0 Å². The van der Waals surface area contributed by atoms with E-state index in [0.717, 1.165) is 0 Å². The quantitative estimate of drug-likeness (QED) is 0.513. The predicted octanol–water partition coefficient (Wildman–Crippen LogP) is 2.28. The molecule has 2 aromatic rings. The van der Waals surface area contributed by atoms with Gasteiger partial charge in [0.25, 0.3) is 0 Å². The first-order chi connectivity index (χ1) is 9.58. The zero-order chi connectivity index (χ0) is 14.7. The summed E-state index contributed by atoms with van der Waals surface area (Å²) in [7, 11) is 1.38. The lowest BCUT2D eigenvalue weighted by Gasteiger charge is -2.10. The van der Waals surface area contributed by atoms with Crippen LogP contribution in [0.2, 0.25) is 0 Å². The molecule has 1 aromatic carbocycles. The van der Waals surface area contributed by atoms with Crippen LogP contribution in [0.1, 0.15) is 23.7 Å². The molecule has 6 heteroatoms. The lowest BCUT2D eigenvalue weighted by molar-refractivity contribution is -0.141. The lowest BCUT2D eigenvalue weighted by atomic mass is 10.0. The molecule has 0 bridgehead atoms. The number of rotatable bonds is 5. The minimum atomic E-state index is -0.647. The molecule has 0 aliphatic rings. The third-order valence-corrected chi connectivity index (χ3v) is 2.78. The van der Waals surface area contributed by atoms with Crippen LogP contribution in [-0.2, 0) is 9.53 Å². The fraction of sp³-hybridized carbons (Fsp3) is 0.286. The number of hydrogen-bond acceptors (Lipinski definition) is 6. The van der Waals surface area contributed by atoms with Crippen molar-refractivity contribution in [3.63, 3.8) is 0 Å². The number of esters is 1. The van der Waals surface area contributed by atoms with Gasteiger partial charge < -0.3 is 19.0 Å². The highest BCUT2D eigenvalue weighted by molar-refractivity contribution is 6.12. The molecule has 6 nitrogen and oxygen atoms in total. The maximum atomic E-state index is 12.1. The van der Waals surface area contributed by atoms with Gasteiger partial charge in [-0.25, -0.2) is 0 Å². The van der Waals surface area contributed by atoms with E-state index < -0.39 is 18.2 Å². The van der Waals surface area contributed by atoms with Crippen molar-refractivity contribution < 1.29 is 28.6 Å². The second kappa shape index (κ2) is 5.64. The van der Waals surface area contributed by atoms with Gasteiger partial charge in [0.15, 0.2) is 5.78 Å². The number of phenols is 1. The highest BCUT2D eigenvalue weighted by Gasteiger charge is 2.24. The standard InChI is InChI=1S/C14H14O6/c1-3-19-12(17)7-10(16)13-9(15)6-11-8(4-5-20-11)14(13)18-2/h4-6,15H,3,7H2,1-2H3. The van der Waals surface area contributed by atoms with Crippen LogP contribution in [0, 0.1) is 0 Å².